The highest BCUT2D eigenvalue weighted by Gasteiger charge is 2.11. The van der Waals surface area contributed by atoms with E-state index in [0.717, 1.165) is 17.0 Å². The molecule has 0 fully saturated rings. The van der Waals surface area contributed by atoms with Crippen molar-refractivity contribution in [2.45, 2.75) is 6.54 Å². The number of hydrogen-bond donors (Lipinski definition) is 1. The van der Waals surface area contributed by atoms with Gasteiger partial charge in [-0.1, -0.05) is 12.1 Å². The quantitative estimate of drug-likeness (QED) is 0.545. The zero-order valence-electron chi connectivity index (χ0n) is 15.4. The molecule has 4 rings (SSSR count). The number of hydrogen-bond acceptors (Lipinski definition) is 6. The Morgan fingerprint density at radius 3 is 2.79 bits per heavy atom. The third kappa shape index (κ3) is 3.61. The monoisotopic (exact) mass is 378 g/mol. The zero-order chi connectivity index (χ0) is 19.5. The number of carbonyl (C=O) groups excluding carboxylic acids is 1. The Morgan fingerprint density at radius 2 is 2.00 bits per heavy atom. The maximum absolute atomic E-state index is 12.1. The van der Waals surface area contributed by atoms with Crippen LogP contribution in [0.1, 0.15) is 0 Å². The van der Waals surface area contributed by atoms with Gasteiger partial charge in [0.2, 0.25) is 5.91 Å². The van der Waals surface area contributed by atoms with E-state index >= 15 is 0 Å². The van der Waals surface area contributed by atoms with Gasteiger partial charge in [-0.3, -0.25) is 9.48 Å². The van der Waals surface area contributed by atoms with Crippen LogP contribution in [0.4, 0.5) is 5.82 Å². The normalized spacial score (nSPS) is 10.8. The maximum Gasteiger partial charge on any atom is 0.247 e. The minimum Gasteiger partial charge on any atom is -0.494 e. The van der Waals surface area contributed by atoms with Crippen molar-refractivity contribution in [3.8, 4) is 22.7 Å². The van der Waals surface area contributed by atoms with E-state index in [-0.39, 0.29) is 12.5 Å². The molecule has 10 nitrogen and oxygen atoms in total. The number of methoxy groups -OCH3 is 1. The molecule has 1 aromatic carbocycles. The number of rotatable bonds is 6. The van der Waals surface area contributed by atoms with Gasteiger partial charge in [0, 0.05) is 25.0 Å². The highest BCUT2D eigenvalue weighted by molar-refractivity contribution is 5.89. The number of anilines is 1. The first-order valence-corrected chi connectivity index (χ1v) is 8.50. The number of aromatic nitrogens is 7. The van der Waals surface area contributed by atoms with E-state index in [1.165, 1.54) is 11.0 Å². The molecule has 0 spiro atoms. The average molecular weight is 378 g/mol. The Morgan fingerprint density at radius 1 is 1.14 bits per heavy atom. The summed E-state index contributed by atoms with van der Waals surface area (Å²) in [5.41, 5.74) is 2.38. The molecular formula is C18H18N8O2. The molecule has 0 unspecified atom stereocenters. The molecule has 10 heteroatoms. The molecular weight excluding hydrogens is 360 g/mol. The summed E-state index contributed by atoms with van der Waals surface area (Å²) >= 11 is 0. The summed E-state index contributed by atoms with van der Waals surface area (Å²) in [5, 5.41) is 19.4. The summed E-state index contributed by atoms with van der Waals surface area (Å²) in [6, 6.07) is 9.45. The Kier molecular flexibility index (Phi) is 4.58. The van der Waals surface area contributed by atoms with Crippen LogP contribution >= 0.6 is 0 Å². The Hall–Kier alpha value is -3.95. The number of amides is 1. The molecule has 0 atom stereocenters. The number of nitrogens with zero attached hydrogens (tertiary/aromatic N) is 7. The van der Waals surface area contributed by atoms with E-state index in [0.29, 0.717) is 11.5 Å². The average Bonchev–Trinajstić information content (AvgIpc) is 3.43. The lowest BCUT2D eigenvalue weighted by molar-refractivity contribution is -0.116. The van der Waals surface area contributed by atoms with Gasteiger partial charge in [0.25, 0.3) is 0 Å². The highest BCUT2D eigenvalue weighted by atomic mass is 16.5. The van der Waals surface area contributed by atoms with Gasteiger partial charge >= 0.3 is 0 Å². The van der Waals surface area contributed by atoms with Crippen molar-refractivity contribution < 1.29 is 9.53 Å². The fraction of sp³-hybridized carbons (Fsp3) is 0.167. The molecule has 0 bridgehead atoms. The predicted octanol–water partition coefficient (Wildman–Crippen LogP) is 1.51. The van der Waals surface area contributed by atoms with Crippen molar-refractivity contribution in [3.05, 3.63) is 55.1 Å². The zero-order valence-corrected chi connectivity index (χ0v) is 15.4. The molecule has 0 aliphatic rings. The molecule has 1 amide bonds. The molecule has 0 aliphatic carbocycles. The van der Waals surface area contributed by atoms with E-state index in [2.05, 4.69) is 25.7 Å². The smallest absolute Gasteiger partial charge is 0.247 e. The van der Waals surface area contributed by atoms with Gasteiger partial charge in [-0.05, 0) is 18.2 Å². The Balaban J connectivity index is 1.47. The first kappa shape index (κ1) is 17.5. The summed E-state index contributed by atoms with van der Waals surface area (Å²) in [4.78, 5) is 13.5. The topological polar surface area (TPSA) is 105 Å². The first-order chi connectivity index (χ1) is 13.6. The van der Waals surface area contributed by atoms with Crippen LogP contribution in [-0.4, -0.2) is 47.6 Å². The maximum atomic E-state index is 12.1. The number of ether oxygens (including phenoxy) is 1. The molecule has 28 heavy (non-hydrogen) atoms. The molecule has 4 aromatic rings. The van der Waals surface area contributed by atoms with Gasteiger partial charge in [0.1, 0.15) is 18.0 Å². The summed E-state index contributed by atoms with van der Waals surface area (Å²) in [5.74, 6) is 0.890. The molecule has 0 saturated heterocycles. The van der Waals surface area contributed by atoms with Gasteiger partial charge < -0.3 is 10.1 Å². The van der Waals surface area contributed by atoms with E-state index in [1.807, 2.05) is 36.5 Å². The third-order valence-electron chi connectivity index (χ3n) is 4.02. The lowest BCUT2D eigenvalue weighted by Gasteiger charge is -2.07. The van der Waals surface area contributed by atoms with Crippen LogP contribution in [-0.2, 0) is 18.4 Å². The van der Waals surface area contributed by atoms with Crippen LogP contribution < -0.4 is 10.1 Å². The minimum absolute atomic E-state index is 0.0667. The lowest BCUT2D eigenvalue weighted by atomic mass is 10.2. The van der Waals surface area contributed by atoms with Crippen LogP contribution in [0, 0.1) is 0 Å². The van der Waals surface area contributed by atoms with Crippen LogP contribution in [0.25, 0.3) is 16.9 Å². The fourth-order valence-corrected chi connectivity index (χ4v) is 2.74. The second-order valence-electron chi connectivity index (χ2n) is 6.01. The first-order valence-electron chi connectivity index (χ1n) is 8.50. The van der Waals surface area contributed by atoms with E-state index in [4.69, 9.17) is 4.74 Å². The van der Waals surface area contributed by atoms with Gasteiger partial charge in [0.05, 0.1) is 25.2 Å². The van der Waals surface area contributed by atoms with E-state index in [9.17, 15) is 4.79 Å². The number of benzene rings is 1. The van der Waals surface area contributed by atoms with Crippen molar-refractivity contribution >= 4 is 11.7 Å². The fourth-order valence-electron chi connectivity index (χ4n) is 2.74. The standard InChI is InChI=1S/C18H18N8O2/c1-24-19-10-17(23-24)21-18(27)12-25-8-7-14(22-25)13-9-20-26(11-13)15-5-3-4-6-16(15)28-2/h3-11H,12H2,1-2H3,(H,21,23,27). The Labute approximate surface area is 160 Å². The van der Waals surface area contributed by atoms with Crippen LogP contribution in [0.2, 0.25) is 0 Å². The predicted molar refractivity (Wildman–Crippen MR) is 101 cm³/mol. The second kappa shape index (κ2) is 7.35. The molecule has 0 radical (unpaired) electrons. The molecule has 0 aliphatic heterocycles. The Bertz CT molecular complexity index is 1110. The van der Waals surface area contributed by atoms with Crippen LogP contribution in [0.5, 0.6) is 5.75 Å². The van der Waals surface area contributed by atoms with E-state index in [1.54, 1.807) is 35.9 Å². The molecule has 3 heterocycles. The SMILES string of the molecule is COc1ccccc1-n1cc(-c2ccn(CC(=O)Nc3cnn(C)n3)n2)cn1. The van der Waals surface area contributed by atoms with Crippen LogP contribution in [0.15, 0.2) is 55.1 Å². The number of aryl methyl sites for hydroxylation is 1. The lowest BCUT2D eigenvalue weighted by Crippen LogP contribution is -2.19. The highest BCUT2D eigenvalue weighted by Crippen LogP contribution is 2.24. The number of nitrogens with one attached hydrogen (secondary N) is 1. The minimum atomic E-state index is -0.236. The second-order valence-corrected chi connectivity index (χ2v) is 6.01. The van der Waals surface area contributed by atoms with Gasteiger partial charge in [0.15, 0.2) is 5.82 Å². The van der Waals surface area contributed by atoms with Crippen molar-refractivity contribution in [1.29, 1.82) is 0 Å². The number of carbonyl (C=O) groups is 1. The number of para-hydroxylation sites is 2. The van der Waals surface area contributed by atoms with Crippen LogP contribution in [0.3, 0.4) is 0 Å². The largest absolute Gasteiger partial charge is 0.494 e. The summed E-state index contributed by atoms with van der Waals surface area (Å²) in [6.45, 7) is 0.0667. The van der Waals surface area contributed by atoms with Gasteiger partial charge in [-0.25, -0.2) is 4.68 Å². The van der Waals surface area contributed by atoms with Gasteiger partial charge in [-0.15, -0.1) is 5.10 Å². The molecule has 3 aromatic heterocycles. The van der Waals surface area contributed by atoms with Crippen molar-refractivity contribution in [2.24, 2.45) is 7.05 Å². The molecule has 0 saturated carbocycles. The summed E-state index contributed by atoms with van der Waals surface area (Å²) in [7, 11) is 3.30. The van der Waals surface area contributed by atoms with E-state index < -0.39 is 0 Å². The van der Waals surface area contributed by atoms with Crippen molar-refractivity contribution in [2.75, 3.05) is 12.4 Å². The van der Waals surface area contributed by atoms with Crippen molar-refractivity contribution in [3.63, 3.8) is 0 Å². The van der Waals surface area contributed by atoms with Gasteiger partial charge in [-0.2, -0.15) is 20.1 Å². The van der Waals surface area contributed by atoms with Crippen molar-refractivity contribution in [1.82, 2.24) is 34.6 Å². The molecule has 142 valence electrons. The molecule has 1 N–H and O–H groups in total. The summed E-state index contributed by atoms with van der Waals surface area (Å²) in [6.07, 6.45) is 6.81. The third-order valence-corrected chi connectivity index (χ3v) is 4.02. The summed E-state index contributed by atoms with van der Waals surface area (Å²) < 4.78 is 8.66.